The maximum atomic E-state index is 12.6. The van der Waals surface area contributed by atoms with Gasteiger partial charge in [0.1, 0.15) is 0 Å². The summed E-state index contributed by atoms with van der Waals surface area (Å²) in [6, 6.07) is 7.42. The molecule has 0 aliphatic carbocycles. The van der Waals surface area contributed by atoms with Crippen LogP contribution >= 0.6 is 0 Å². The number of benzene rings is 1. The molecule has 1 rings (SSSR count). The summed E-state index contributed by atoms with van der Waals surface area (Å²) >= 11 is 0. The van der Waals surface area contributed by atoms with E-state index in [-0.39, 0.29) is 11.8 Å². The van der Waals surface area contributed by atoms with E-state index in [1.165, 1.54) is 0 Å². The highest BCUT2D eigenvalue weighted by molar-refractivity contribution is 7.88. The third-order valence-electron chi connectivity index (χ3n) is 3.15. The second kappa shape index (κ2) is 7.20. The van der Waals surface area contributed by atoms with E-state index in [0.717, 1.165) is 11.1 Å². The van der Waals surface area contributed by atoms with E-state index < -0.39 is 10.0 Å². The molecule has 1 aromatic carbocycles. The van der Waals surface area contributed by atoms with Crippen LogP contribution in [-0.2, 0) is 22.3 Å². The molecule has 0 aliphatic heterocycles. The molecule has 0 heterocycles. The van der Waals surface area contributed by atoms with E-state index in [0.29, 0.717) is 19.0 Å². The van der Waals surface area contributed by atoms with Crippen molar-refractivity contribution in [2.75, 3.05) is 6.54 Å². The van der Waals surface area contributed by atoms with Gasteiger partial charge in [-0.2, -0.15) is 4.31 Å². The third-order valence-corrected chi connectivity index (χ3v) is 5.12. The second-order valence-electron chi connectivity index (χ2n) is 5.79. The van der Waals surface area contributed by atoms with E-state index >= 15 is 0 Å². The number of rotatable bonds is 7. The molecule has 0 unspecified atom stereocenters. The van der Waals surface area contributed by atoms with Crippen LogP contribution in [0.15, 0.2) is 24.3 Å². The minimum atomic E-state index is -3.32. The van der Waals surface area contributed by atoms with Crippen LogP contribution in [0.5, 0.6) is 0 Å². The van der Waals surface area contributed by atoms with Crippen molar-refractivity contribution in [3.63, 3.8) is 0 Å². The van der Waals surface area contributed by atoms with E-state index in [4.69, 9.17) is 5.73 Å². The first-order chi connectivity index (χ1) is 9.27. The highest BCUT2D eigenvalue weighted by atomic mass is 32.2. The van der Waals surface area contributed by atoms with Gasteiger partial charge in [0, 0.05) is 19.1 Å². The van der Waals surface area contributed by atoms with Crippen LogP contribution in [0.4, 0.5) is 0 Å². The fourth-order valence-electron chi connectivity index (χ4n) is 2.18. The fourth-order valence-corrected chi connectivity index (χ4v) is 4.19. The van der Waals surface area contributed by atoms with Gasteiger partial charge in [0.2, 0.25) is 10.0 Å². The van der Waals surface area contributed by atoms with Gasteiger partial charge in [-0.1, -0.05) is 38.1 Å². The van der Waals surface area contributed by atoms with Gasteiger partial charge >= 0.3 is 0 Å². The second-order valence-corrected chi connectivity index (χ2v) is 7.71. The van der Waals surface area contributed by atoms with Crippen molar-refractivity contribution in [1.29, 1.82) is 0 Å². The zero-order valence-electron chi connectivity index (χ0n) is 12.8. The van der Waals surface area contributed by atoms with Crippen LogP contribution in [-0.4, -0.2) is 25.3 Å². The van der Waals surface area contributed by atoms with E-state index in [9.17, 15) is 8.42 Å². The summed E-state index contributed by atoms with van der Waals surface area (Å²) in [6.07, 6.45) is 0. The molecule has 1 aromatic rings. The van der Waals surface area contributed by atoms with Gasteiger partial charge in [-0.25, -0.2) is 8.42 Å². The van der Waals surface area contributed by atoms with Crippen LogP contribution < -0.4 is 5.73 Å². The molecule has 0 saturated carbocycles. The molecule has 114 valence electrons. The van der Waals surface area contributed by atoms with E-state index in [1.807, 2.05) is 52.0 Å². The largest absolute Gasteiger partial charge is 0.326 e. The summed E-state index contributed by atoms with van der Waals surface area (Å²) in [5.41, 5.74) is 7.37. The Hall–Kier alpha value is -0.910. The standard InChI is InChI=1S/C15H26N2O2S/c1-12(2)10-17(13(3)4)20(18,19)11-15-8-6-5-7-14(15)9-16/h5-8,12-13H,9-11,16H2,1-4H3. The SMILES string of the molecule is CC(C)CN(C(C)C)S(=O)(=O)Cc1ccccc1CN. The maximum absolute atomic E-state index is 12.6. The molecule has 0 aliphatic rings. The molecule has 0 spiro atoms. The lowest BCUT2D eigenvalue weighted by molar-refractivity contribution is 0.318. The molecule has 4 nitrogen and oxygen atoms in total. The molecule has 20 heavy (non-hydrogen) atoms. The van der Waals surface area contributed by atoms with Gasteiger partial charge < -0.3 is 5.73 Å². The minimum Gasteiger partial charge on any atom is -0.326 e. The number of hydrogen-bond donors (Lipinski definition) is 1. The van der Waals surface area contributed by atoms with Gasteiger partial charge in [0.05, 0.1) is 5.75 Å². The van der Waals surface area contributed by atoms with Gasteiger partial charge in [-0.3, -0.25) is 0 Å². The minimum absolute atomic E-state index is 0.0191. The maximum Gasteiger partial charge on any atom is 0.218 e. The van der Waals surface area contributed by atoms with E-state index in [2.05, 4.69) is 0 Å². The Balaban J connectivity index is 3.03. The summed E-state index contributed by atoms with van der Waals surface area (Å²) < 4.78 is 26.8. The Morgan fingerprint density at radius 3 is 2.10 bits per heavy atom. The number of sulfonamides is 1. The lowest BCUT2D eigenvalue weighted by atomic mass is 10.1. The highest BCUT2D eigenvalue weighted by Gasteiger charge is 2.26. The number of hydrogen-bond acceptors (Lipinski definition) is 3. The summed E-state index contributed by atoms with van der Waals surface area (Å²) in [6.45, 7) is 8.78. The smallest absolute Gasteiger partial charge is 0.218 e. The monoisotopic (exact) mass is 298 g/mol. The Bertz CT molecular complexity index is 524. The first-order valence-electron chi connectivity index (χ1n) is 7.04. The Morgan fingerprint density at radius 2 is 1.65 bits per heavy atom. The average molecular weight is 298 g/mol. The Labute approximate surface area is 123 Å². The average Bonchev–Trinajstić information content (AvgIpc) is 2.35. The van der Waals surface area contributed by atoms with Crippen LogP contribution in [0.1, 0.15) is 38.8 Å². The van der Waals surface area contributed by atoms with Gasteiger partial charge in [-0.15, -0.1) is 0 Å². The molecular weight excluding hydrogens is 272 g/mol. The first-order valence-corrected chi connectivity index (χ1v) is 8.65. The van der Waals surface area contributed by atoms with Gasteiger partial charge in [0.15, 0.2) is 0 Å². The molecule has 0 saturated heterocycles. The quantitative estimate of drug-likeness (QED) is 0.840. The third kappa shape index (κ3) is 4.58. The van der Waals surface area contributed by atoms with Crippen molar-refractivity contribution < 1.29 is 8.42 Å². The summed E-state index contributed by atoms with van der Waals surface area (Å²) in [7, 11) is -3.32. The predicted octanol–water partition coefficient (Wildman–Crippen LogP) is 2.34. The highest BCUT2D eigenvalue weighted by Crippen LogP contribution is 2.18. The Morgan fingerprint density at radius 1 is 1.10 bits per heavy atom. The summed E-state index contributed by atoms with van der Waals surface area (Å²) in [4.78, 5) is 0. The van der Waals surface area contributed by atoms with Crippen molar-refractivity contribution in [3.8, 4) is 0 Å². The van der Waals surface area contributed by atoms with Crippen LogP contribution in [0, 0.1) is 5.92 Å². The predicted molar refractivity (Wildman–Crippen MR) is 83.6 cm³/mol. The molecule has 0 amide bonds. The fraction of sp³-hybridized carbons (Fsp3) is 0.600. The first kappa shape index (κ1) is 17.1. The lowest BCUT2D eigenvalue weighted by Gasteiger charge is -2.28. The molecule has 0 bridgehead atoms. The molecule has 0 atom stereocenters. The van der Waals surface area contributed by atoms with Crippen molar-refractivity contribution in [2.45, 2.75) is 46.0 Å². The zero-order chi connectivity index (χ0) is 15.3. The summed E-state index contributed by atoms with van der Waals surface area (Å²) in [5.74, 6) is 0.322. The molecule has 0 radical (unpaired) electrons. The lowest BCUT2D eigenvalue weighted by Crippen LogP contribution is -2.40. The topological polar surface area (TPSA) is 63.4 Å². The van der Waals surface area contributed by atoms with Crippen molar-refractivity contribution in [3.05, 3.63) is 35.4 Å². The molecular formula is C15H26N2O2S. The van der Waals surface area contributed by atoms with Gasteiger partial charge in [0.25, 0.3) is 0 Å². The van der Waals surface area contributed by atoms with E-state index in [1.54, 1.807) is 4.31 Å². The van der Waals surface area contributed by atoms with Crippen LogP contribution in [0.25, 0.3) is 0 Å². The van der Waals surface area contributed by atoms with Crippen molar-refractivity contribution in [1.82, 2.24) is 4.31 Å². The summed E-state index contributed by atoms with van der Waals surface area (Å²) in [5, 5.41) is 0. The normalized spacial score (nSPS) is 12.6. The van der Waals surface area contributed by atoms with Crippen molar-refractivity contribution in [2.24, 2.45) is 11.7 Å². The number of nitrogens with zero attached hydrogens (tertiary/aromatic N) is 1. The number of nitrogens with two attached hydrogens (primary N) is 1. The Kier molecular flexibility index (Phi) is 6.17. The molecule has 0 fully saturated rings. The molecule has 5 heteroatoms. The zero-order valence-corrected chi connectivity index (χ0v) is 13.7. The van der Waals surface area contributed by atoms with Crippen molar-refractivity contribution >= 4 is 10.0 Å². The molecule has 2 N–H and O–H groups in total. The van der Waals surface area contributed by atoms with Gasteiger partial charge in [-0.05, 0) is 30.9 Å². The molecule has 0 aromatic heterocycles. The van der Waals surface area contributed by atoms with Crippen LogP contribution in [0.3, 0.4) is 0 Å². The van der Waals surface area contributed by atoms with Crippen LogP contribution in [0.2, 0.25) is 0 Å².